The van der Waals surface area contributed by atoms with Crippen LogP contribution < -0.4 is 4.90 Å². The molecule has 2 aromatic rings. The average Bonchev–Trinajstić information content (AvgIpc) is 2.76. The fourth-order valence-corrected chi connectivity index (χ4v) is 4.56. The lowest BCUT2D eigenvalue weighted by Crippen LogP contribution is -2.35. The molecule has 2 aliphatic heterocycles. The summed E-state index contributed by atoms with van der Waals surface area (Å²) in [6.45, 7) is 5.27. The summed E-state index contributed by atoms with van der Waals surface area (Å²) in [5.41, 5.74) is 5.66. The zero-order chi connectivity index (χ0) is 18.3. The molecule has 1 fully saturated rings. The zero-order valence-corrected chi connectivity index (χ0v) is 15.5. The van der Waals surface area contributed by atoms with Gasteiger partial charge < -0.3 is 14.9 Å². The molecular weight excluding hydrogens is 324 g/mol. The van der Waals surface area contributed by atoms with Gasteiger partial charge in [0.1, 0.15) is 0 Å². The van der Waals surface area contributed by atoms with Crippen molar-refractivity contribution in [2.75, 3.05) is 25.0 Å². The molecule has 0 unspecified atom stereocenters. The zero-order valence-electron chi connectivity index (χ0n) is 15.5. The Morgan fingerprint density at radius 3 is 2.69 bits per heavy atom. The van der Waals surface area contributed by atoms with Crippen LogP contribution in [0.25, 0.3) is 0 Å². The molecule has 136 valence electrons. The molecule has 4 heteroatoms. The number of benzene rings is 2. The normalized spacial score (nSPS) is 22.6. The molecule has 1 saturated heterocycles. The first-order valence-corrected chi connectivity index (χ1v) is 9.41. The molecule has 2 aliphatic rings. The van der Waals surface area contributed by atoms with Gasteiger partial charge in [0.2, 0.25) is 0 Å². The molecule has 2 atom stereocenters. The topological polar surface area (TPSA) is 43.8 Å². The Kier molecular flexibility index (Phi) is 4.45. The van der Waals surface area contributed by atoms with Crippen LogP contribution in [0.2, 0.25) is 0 Å². The number of carboxylic acid groups (broad SMARTS) is 1. The van der Waals surface area contributed by atoms with Crippen LogP contribution >= 0.6 is 0 Å². The maximum absolute atomic E-state index is 11.1. The number of anilines is 1. The lowest BCUT2D eigenvalue weighted by atomic mass is 9.92. The first-order chi connectivity index (χ1) is 12.5. The van der Waals surface area contributed by atoms with Crippen LogP contribution in [0, 0.1) is 6.92 Å². The highest BCUT2D eigenvalue weighted by Gasteiger charge is 2.39. The average molecular weight is 350 g/mol. The second-order valence-corrected chi connectivity index (χ2v) is 7.77. The van der Waals surface area contributed by atoms with Gasteiger partial charge in [-0.25, -0.2) is 4.79 Å². The molecular formula is C22H26N2O2. The molecule has 0 saturated carbocycles. The molecule has 0 amide bonds. The first kappa shape index (κ1) is 17.1. The Bertz CT molecular complexity index is 815. The van der Waals surface area contributed by atoms with Crippen LogP contribution in [0.1, 0.15) is 45.8 Å². The fourth-order valence-electron chi connectivity index (χ4n) is 4.56. The van der Waals surface area contributed by atoms with Gasteiger partial charge in [-0.05, 0) is 62.7 Å². The predicted octanol–water partition coefficient (Wildman–Crippen LogP) is 3.89. The maximum atomic E-state index is 11.1. The van der Waals surface area contributed by atoms with E-state index in [-0.39, 0.29) is 0 Å². The third-order valence-corrected chi connectivity index (χ3v) is 5.86. The molecule has 4 rings (SSSR count). The summed E-state index contributed by atoms with van der Waals surface area (Å²) >= 11 is 0. The summed E-state index contributed by atoms with van der Waals surface area (Å²) in [6.07, 6.45) is 2.43. The van der Waals surface area contributed by atoms with Crippen LogP contribution in [0.15, 0.2) is 42.5 Å². The first-order valence-electron chi connectivity index (χ1n) is 9.41. The number of hydrogen-bond donors (Lipinski definition) is 1. The van der Waals surface area contributed by atoms with Gasteiger partial charge in [-0.1, -0.05) is 29.8 Å². The van der Waals surface area contributed by atoms with E-state index in [1.165, 1.54) is 35.2 Å². The molecule has 0 radical (unpaired) electrons. The SMILES string of the molecule is Cc1ccc2c(c1)[C@H]1CN(C)CCC[C@@H]1N2Cc1ccc(C(=O)O)cc1. The number of likely N-dealkylation sites (tertiary alicyclic amines) is 1. The van der Waals surface area contributed by atoms with Crippen LogP contribution in [-0.2, 0) is 6.54 Å². The number of carboxylic acids is 1. The van der Waals surface area contributed by atoms with Gasteiger partial charge in [0.05, 0.1) is 5.56 Å². The van der Waals surface area contributed by atoms with Crippen molar-refractivity contribution in [1.82, 2.24) is 4.90 Å². The van der Waals surface area contributed by atoms with E-state index >= 15 is 0 Å². The second-order valence-electron chi connectivity index (χ2n) is 7.77. The van der Waals surface area contributed by atoms with Crippen LogP contribution in [0.4, 0.5) is 5.69 Å². The number of rotatable bonds is 3. The Morgan fingerprint density at radius 2 is 1.96 bits per heavy atom. The maximum Gasteiger partial charge on any atom is 0.335 e. The van der Waals surface area contributed by atoms with Crippen molar-refractivity contribution in [2.24, 2.45) is 0 Å². The van der Waals surface area contributed by atoms with Gasteiger partial charge in [-0.3, -0.25) is 0 Å². The van der Waals surface area contributed by atoms with E-state index in [2.05, 4.69) is 42.0 Å². The van der Waals surface area contributed by atoms with E-state index in [0.29, 0.717) is 17.5 Å². The van der Waals surface area contributed by atoms with Crippen molar-refractivity contribution in [2.45, 2.75) is 38.3 Å². The number of carbonyl (C=O) groups is 1. The second kappa shape index (κ2) is 6.76. The molecule has 4 nitrogen and oxygen atoms in total. The third-order valence-electron chi connectivity index (χ3n) is 5.86. The molecule has 2 heterocycles. The smallest absolute Gasteiger partial charge is 0.335 e. The van der Waals surface area contributed by atoms with Crippen LogP contribution in [0.3, 0.4) is 0 Å². The standard InChI is InChI=1S/C22H26N2O2/c1-15-5-10-21-18(12-15)19-14-23(2)11-3-4-20(19)24(21)13-16-6-8-17(9-7-16)22(25)26/h5-10,12,19-20H,3-4,11,13-14H2,1-2H3,(H,25,26)/t19-,20+/m1/s1. The number of fused-ring (bicyclic) bond motifs is 3. The van der Waals surface area contributed by atoms with E-state index in [9.17, 15) is 4.79 Å². The summed E-state index contributed by atoms with van der Waals surface area (Å²) in [6, 6.07) is 14.7. The third kappa shape index (κ3) is 3.10. The van der Waals surface area contributed by atoms with Crippen molar-refractivity contribution in [3.05, 3.63) is 64.7 Å². The fraction of sp³-hybridized carbons (Fsp3) is 0.409. The van der Waals surface area contributed by atoms with Gasteiger partial charge in [0, 0.05) is 30.7 Å². The Hall–Kier alpha value is -2.33. The van der Waals surface area contributed by atoms with E-state index in [4.69, 9.17) is 5.11 Å². The van der Waals surface area contributed by atoms with Gasteiger partial charge in [-0.15, -0.1) is 0 Å². The Morgan fingerprint density at radius 1 is 1.19 bits per heavy atom. The molecule has 26 heavy (non-hydrogen) atoms. The summed E-state index contributed by atoms with van der Waals surface area (Å²) in [4.78, 5) is 16.1. The molecule has 1 N–H and O–H groups in total. The minimum atomic E-state index is -0.870. The van der Waals surface area contributed by atoms with Crippen LogP contribution in [-0.4, -0.2) is 42.2 Å². The van der Waals surface area contributed by atoms with E-state index in [0.717, 1.165) is 19.6 Å². The van der Waals surface area contributed by atoms with Gasteiger partial charge in [0.15, 0.2) is 0 Å². The molecule has 0 aliphatic carbocycles. The highest BCUT2D eigenvalue weighted by Crippen LogP contribution is 2.45. The van der Waals surface area contributed by atoms with Gasteiger partial charge >= 0.3 is 5.97 Å². The summed E-state index contributed by atoms with van der Waals surface area (Å²) in [5.74, 6) is -0.318. The number of hydrogen-bond acceptors (Lipinski definition) is 3. The van der Waals surface area contributed by atoms with Crippen LogP contribution in [0.5, 0.6) is 0 Å². The van der Waals surface area contributed by atoms with Crippen molar-refractivity contribution < 1.29 is 9.90 Å². The largest absolute Gasteiger partial charge is 0.478 e. The number of aryl methyl sites for hydroxylation is 1. The van der Waals surface area contributed by atoms with E-state index in [1.54, 1.807) is 12.1 Å². The number of likely N-dealkylation sites (N-methyl/N-ethyl adjacent to an activating group) is 1. The van der Waals surface area contributed by atoms with Crippen molar-refractivity contribution in [1.29, 1.82) is 0 Å². The quantitative estimate of drug-likeness (QED) is 0.912. The lowest BCUT2D eigenvalue weighted by molar-refractivity contribution is 0.0697. The molecule has 0 bridgehead atoms. The molecule has 0 aromatic heterocycles. The number of aromatic carboxylic acids is 1. The monoisotopic (exact) mass is 350 g/mol. The minimum Gasteiger partial charge on any atom is -0.478 e. The minimum absolute atomic E-state index is 0.347. The van der Waals surface area contributed by atoms with E-state index in [1.807, 2.05) is 12.1 Å². The van der Waals surface area contributed by atoms with E-state index < -0.39 is 5.97 Å². The Balaban J connectivity index is 1.67. The summed E-state index contributed by atoms with van der Waals surface area (Å²) in [7, 11) is 2.23. The van der Waals surface area contributed by atoms with Crippen molar-refractivity contribution in [3.63, 3.8) is 0 Å². The van der Waals surface area contributed by atoms with Gasteiger partial charge in [0.25, 0.3) is 0 Å². The number of nitrogens with zero attached hydrogens (tertiary/aromatic N) is 2. The van der Waals surface area contributed by atoms with Crippen molar-refractivity contribution in [3.8, 4) is 0 Å². The molecule has 0 spiro atoms. The highest BCUT2D eigenvalue weighted by molar-refractivity contribution is 5.87. The summed E-state index contributed by atoms with van der Waals surface area (Å²) < 4.78 is 0. The van der Waals surface area contributed by atoms with Gasteiger partial charge in [-0.2, -0.15) is 0 Å². The Labute approximate surface area is 155 Å². The van der Waals surface area contributed by atoms with Crippen molar-refractivity contribution >= 4 is 11.7 Å². The lowest BCUT2D eigenvalue weighted by Gasteiger charge is -2.30. The predicted molar refractivity (Wildman–Crippen MR) is 104 cm³/mol. The summed E-state index contributed by atoms with van der Waals surface area (Å²) in [5, 5.41) is 9.11. The highest BCUT2D eigenvalue weighted by atomic mass is 16.4. The molecule has 2 aromatic carbocycles.